The molecule has 1 heterocycles. The van der Waals surface area contributed by atoms with Crippen LogP contribution in [0.25, 0.3) is 0 Å². The van der Waals surface area contributed by atoms with Gasteiger partial charge in [-0.2, -0.15) is 0 Å². The van der Waals surface area contributed by atoms with E-state index in [2.05, 4.69) is 5.16 Å². The van der Waals surface area contributed by atoms with Crippen LogP contribution in [-0.2, 0) is 16.1 Å². The number of nitrogens with zero attached hydrogens (tertiary/aromatic N) is 1. The van der Waals surface area contributed by atoms with Gasteiger partial charge in [0.15, 0.2) is 11.9 Å². The van der Waals surface area contributed by atoms with Crippen molar-refractivity contribution in [2.45, 2.75) is 26.0 Å². The lowest BCUT2D eigenvalue weighted by molar-refractivity contribution is -0.147. The highest BCUT2D eigenvalue weighted by molar-refractivity contribution is 5.85. The molecule has 1 aromatic carbocycles. The molecule has 20 heavy (non-hydrogen) atoms. The normalized spacial score (nSPS) is 11.5. The van der Waals surface area contributed by atoms with Crippen molar-refractivity contribution >= 4 is 18.4 Å². The maximum Gasteiger partial charge on any atom is 0.306 e. The number of benzene rings is 1. The van der Waals surface area contributed by atoms with Gasteiger partial charge in [0.25, 0.3) is 0 Å². The number of nitrogens with two attached hydrogens (primary N) is 1. The molecule has 0 saturated carbocycles. The number of hydrogen-bond acceptors (Lipinski definition) is 5. The van der Waals surface area contributed by atoms with Crippen LogP contribution in [0.2, 0.25) is 0 Å². The maximum absolute atomic E-state index is 11.5. The smallest absolute Gasteiger partial charge is 0.306 e. The van der Waals surface area contributed by atoms with Gasteiger partial charge in [-0.3, -0.25) is 4.79 Å². The number of carbonyl (C=O) groups excluding carboxylic acids is 1. The number of esters is 1. The van der Waals surface area contributed by atoms with Crippen molar-refractivity contribution in [3.63, 3.8) is 0 Å². The minimum Gasteiger partial charge on any atom is -0.451 e. The molecule has 0 amide bonds. The molecule has 0 spiro atoms. The molecule has 1 aromatic heterocycles. The van der Waals surface area contributed by atoms with Crippen molar-refractivity contribution in [3.8, 4) is 0 Å². The number of aromatic nitrogens is 1. The van der Waals surface area contributed by atoms with Crippen LogP contribution in [0.3, 0.4) is 0 Å². The highest BCUT2D eigenvalue weighted by Gasteiger charge is 2.22. The fourth-order valence-corrected chi connectivity index (χ4v) is 1.69. The SMILES string of the molecule is CCC(=O)OC(c1ccccc1)c1cc(CN)on1.Cl. The van der Waals surface area contributed by atoms with Gasteiger partial charge in [-0.05, 0) is 5.56 Å². The third-order valence-corrected chi connectivity index (χ3v) is 2.69. The maximum atomic E-state index is 11.5. The molecule has 5 nitrogen and oxygen atoms in total. The highest BCUT2D eigenvalue weighted by atomic mass is 35.5. The summed E-state index contributed by atoms with van der Waals surface area (Å²) in [5.74, 6) is 0.273. The van der Waals surface area contributed by atoms with Gasteiger partial charge in [0, 0.05) is 12.5 Å². The fraction of sp³-hybridized carbons (Fsp3) is 0.286. The van der Waals surface area contributed by atoms with E-state index in [9.17, 15) is 4.79 Å². The van der Waals surface area contributed by atoms with E-state index in [1.54, 1.807) is 13.0 Å². The predicted molar refractivity (Wildman–Crippen MR) is 76.3 cm³/mol. The summed E-state index contributed by atoms with van der Waals surface area (Å²) in [4.78, 5) is 11.5. The summed E-state index contributed by atoms with van der Waals surface area (Å²) < 4.78 is 10.5. The van der Waals surface area contributed by atoms with Crippen LogP contribution in [0.5, 0.6) is 0 Å². The van der Waals surface area contributed by atoms with Gasteiger partial charge in [-0.1, -0.05) is 42.4 Å². The number of rotatable bonds is 5. The molecular formula is C14H17ClN2O3. The van der Waals surface area contributed by atoms with E-state index in [1.165, 1.54) is 0 Å². The van der Waals surface area contributed by atoms with Crippen LogP contribution < -0.4 is 5.73 Å². The number of halogens is 1. The molecule has 1 unspecified atom stereocenters. The van der Waals surface area contributed by atoms with E-state index >= 15 is 0 Å². The van der Waals surface area contributed by atoms with E-state index in [0.717, 1.165) is 5.56 Å². The van der Waals surface area contributed by atoms with Crippen molar-refractivity contribution in [2.24, 2.45) is 5.73 Å². The molecule has 1 atom stereocenters. The van der Waals surface area contributed by atoms with E-state index in [4.69, 9.17) is 15.0 Å². The molecule has 0 aliphatic heterocycles. The van der Waals surface area contributed by atoms with Gasteiger partial charge in [0.1, 0.15) is 5.69 Å². The van der Waals surface area contributed by atoms with Gasteiger partial charge in [-0.25, -0.2) is 0 Å². The molecule has 0 aliphatic rings. The first kappa shape index (κ1) is 16.2. The molecule has 0 radical (unpaired) electrons. The second-order valence-electron chi connectivity index (χ2n) is 4.06. The lowest BCUT2D eigenvalue weighted by Gasteiger charge is -2.15. The van der Waals surface area contributed by atoms with Gasteiger partial charge in [0.2, 0.25) is 0 Å². The van der Waals surface area contributed by atoms with E-state index < -0.39 is 6.10 Å². The Balaban J connectivity index is 0.00000200. The minimum absolute atomic E-state index is 0. The molecule has 2 rings (SSSR count). The van der Waals surface area contributed by atoms with Crippen LogP contribution in [-0.4, -0.2) is 11.1 Å². The summed E-state index contributed by atoms with van der Waals surface area (Å²) in [6.07, 6.45) is -0.247. The average molecular weight is 297 g/mol. The zero-order valence-electron chi connectivity index (χ0n) is 11.1. The Bertz CT molecular complexity index is 542. The first-order valence-corrected chi connectivity index (χ1v) is 6.14. The zero-order chi connectivity index (χ0) is 13.7. The standard InChI is InChI=1S/C14H16N2O3.ClH/c1-2-13(17)18-14(10-6-4-3-5-7-10)12-8-11(9-15)19-16-12;/h3-8,14H,2,9,15H2,1H3;1H. The quantitative estimate of drug-likeness (QED) is 0.858. The van der Waals surface area contributed by atoms with Gasteiger partial charge < -0.3 is 15.0 Å². The molecule has 0 saturated heterocycles. The summed E-state index contributed by atoms with van der Waals surface area (Å²) in [5.41, 5.74) is 6.89. The number of ether oxygens (including phenoxy) is 1. The van der Waals surface area contributed by atoms with Crippen molar-refractivity contribution in [2.75, 3.05) is 0 Å². The van der Waals surface area contributed by atoms with Crippen molar-refractivity contribution < 1.29 is 14.1 Å². The number of hydrogen-bond donors (Lipinski definition) is 1. The second-order valence-corrected chi connectivity index (χ2v) is 4.06. The first-order valence-electron chi connectivity index (χ1n) is 6.14. The zero-order valence-corrected chi connectivity index (χ0v) is 11.9. The Morgan fingerprint density at radius 2 is 2.10 bits per heavy atom. The monoisotopic (exact) mass is 296 g/mol. The number of carbonyl (C=O) groups is 1. The third-order valence-electron chi connectivity index (χ3n) is 2.69. The summed E-state index contributed by atoms with van der Waals surface area (Å²) in [6, 6.07) is 11.1. The summed E-state index contributed by atoms with van der Waals surface area (Å²) >= 11 is 0. The summed E-state index contributed by atoms with van der Waals surface area (Å²) in [7, 11) is 0. The van der Waals surface area contributed by atoms with Crippen LogP contribution in [0.15, 0.2) is 40.9 Å². The fourth-order valence-electron chi connectivity index (χ4n) is 1.69. The summed E-state index contributed by atoms with van der Waals surface area (Å²) in [5, 5.41) is 3.92. The molecule has 6 heteroatoms. The van der Waals surface area contributed by atoms with Crippen molar-refractivity contribution in [1.82, 2.24) is 5.16 Å². The van der Waals surface area contributed by atoms with Gasteiger partial charge in [-0.15, -0.1) is 12.4 Å². The van der Waals surface area contributed by atoms with E-state index in [0.29, 0.717) is 17.9 Å². The molecular weight excluding hydrogens is 280 g/mol. The molecule has 0 bridgehead atoms. The molecule has 108 valence electrons. The molecule has 2 aromatic rings. The predicted octanol–water partition coefficient (Wildman–Crippen LogP) is 2.60. The van der Waals surface area contributed by atoms with Crippen LogP contribution >= 0.6 is 12.4 Å². The molecule has 0 fully saturated rings. The van der Waals surface area contributed by atoms with Crippen LogP contribution in [0.4, 0.5) is 0 Å². The van der Waals surface area contributed by atoms with Gasteiger partial charge >= 0.3 is 5.97 Å². The topological polar surface area (TPSA) is 78.4 Å². The largest absolute Gasteiger partial charge is 0.451 e. The Kier molecular flexibility index (Phi) is 6.21. The highest BCUT2D eigenvalue weighted by Crippen LogP contribution is 2.26. The molecule has 0 aliphatic carbocycles. The summed E-state index contributed by atoms with van der Waals surface area (Å²) in [6.45, 7) is 2.01. The van der Waals surface area contributed by atoms with E-state index in [1.807, 2.05) is 30.3 Å². The lowest BCUT2D eigenvalue weighted by atomic mass is 10.1. The third kappa shape index (κ3) is 3.82. The first-order chi connectivity index (χ1) is 9.24. The van der Waals surface area contributed by atoms with Gasteiger partial charge in [0.05, 0.1) is 6.54 Å². The Morgan fingerprint density at radius 1 is 1.40 bits per heavy atom. The second kappa shape index (κ2) is 7.67. The Morgan fingerprint density at radius 3 is 2.65 bits per heavy atom. The minimum atomic E-state index is -0.558. The Labute approximate surface area is 123 Å². The van der Waals surface area contributed by atoms with Crippen molar-refractivity contribution in [1.29, 1.82) is 0 Å². The average Bonchev–Trinajstić information content (AvgIpc) is 2.94. The lowest BCUT2D eigenvalue weighted by Crippen LogP contribution is -2.12. The molecule has 2 N–H and O–H groups in total. The van der Waals surface area contributed by atoms with Crippen molar-refractivity contribution in [3.05, 3.63) is 53.4 Å². The Hall–Kier alpha value is -1.85. The van der Waals surface area contributed by atoms with E-state index in [-0.39, 0.29) is 24.9 Å². The van der Waals surface area contributed by atoms with Crippen LogP contribution in [0.1, 0.15) is 36.5 Å². The van der Waals surface area contributed by atoms with Crippen LogP contribution in [0, 0.1) is 0 Å².